The van der Waals surface area contributed by atoms with Crippen LogP contribution in [0.1, 0.15) is 46.1 Å². The molecule has 0 aliphatic carbocycles. The molecule has 1 aromatic carbocycles. The Morgan fingerprint density at radius 2 is 1.76 bits per heavy atom. The number of aliphatic carboxylic acids is 1. The quantitative estimate of drug-likeness (QED) is 0.872. The minimum Gasteiger partial charge on any atom is -0.481 e. The number of hydrogen-bond acceptors (Lipinski definition) is 3. The fourth-order valence-electron chi connectivity index (χ4n) is 2.12. The van der Waals surface area contributed by atoms with Crippen LogP contribution in [0, 0.1) is 0 Å². The maximum Gasteiger partial charge on any atom is 0.496 e. The van der Waals surface area contributed by atoms with Gasteiger partial charge in [0.2, 0.25) is 0 Å². The van der Waals surface area contributed by atoms with E-state index >= 15 is 0 Å². The SMILES string of the molecule is CC(C(=O)O)c1ccc(B2OC(C)(C)C(C)(C)O2)c(Cl)c1. The summed E-state index contributed by atoms with van der Waals surface area (Å²) in [5, 5.41) is 9.51. The van der Waals surface area contributed by atoms with E-state index in [-0.39, 0.29) is 0 Å². The van der Waals surface area contributed by atoms with Crippen LogP contribution in [-0.4, -0.2) is 29.4 Å². The molecule has 1 fully saturated rings. The summed E-state index contributed by atoms with van der Waals surface area (Å²) in [7, 11) is -0.545. The van der Waals surface area contributed by atoms with E-state index in [9.17, 15) is 4.79 Å². The van der Waals surface area contributed by atoms with E-state index in [1.807, 2.05) is 27.7 Å². The van der Waals surface area contributed by atoms with Gasteiger partial charge in [0.05, 0.1) is 17.1 Å². The van der Waals surface area contributed by atoms with Gasteiger partial charge in [0.25, 0.3) is 0 Å². The van der Waals surface area contributed by atoms with Crippen molar-refractivity contribution in [2.75, 3.05) is 0 Å². The average Bonchev–Trinajstić information content (AvgIpc) is 2.56. The lowest BCUT2D eigenvalue weighted by Gasteiger charge is -2.32. The lowest BCUT2D eigenvalue weighted by atomic mass is 9.78. The van der Waals surface area contributed by atoms with Crippen LogP contribution in [0.4, 0.5) is 0 Å². The van der Waals surface area contributed by atoms with Gasteiger partial charge in [-0.2, -0.15) is 0 Å². The highest BCUT2D eigenvalue weighted by atomic mass is 35.5. The summed E-state index contributed by atoms with van der Waals surface area (Å²) in [5.74, 6) is -1.48. The molecule has 0 amide bonds. The zero-order valence-corrected chi connectivity index (χ0v) is 13.7. The molecule has 0 bridgehead atoms. The van der Waals surface area contributed by atoms with Crippen LogP contribution < -0.4 is 5.46 Å². The Hall–Kier alpha value is -1.04. The van der Waals surface area contributed by atoms with Crippen molar-refractivity contribution >= 4 is 30.2 Å². The van der Waals surface area contributed by atoms with Gasteiger partial charge in [-0.25, -0.2) is 0 Å². The Balaban J connectivity index is 2.29. The first-order chi connectivity index (χ1) is 9.55. The lowest BCUT2D eigenvalue weighted by Crippen LogP contribution is -2.41. The van der Waals surface area contributed by atoms with Crippen molar-refractivity contribution in [1.29, 1.82) is 0 Å². The second-order valence-electron chi connectivity index (χ2n) is 6.43. The zero-order valence-electron chi connectivity index (χ0n) is 12.9. The Morgan fingerprint density at radius 1 is 1.24 bits per heavy atom. The minimum atomic E-state index is -0.880. The van der Waals surface area contributed by atoms with Crippen molar-refractivity contribution in [3.63, 3.8) is 0 Å². The third-order valence-electron chi connectivity index (χ3n) is 4.40. The van der Waals surface area contributed by atoms with Crippen molar-refractivity contribution in [1.82, 2.24) is 0 Å². The number of benzene rings is 1. The maximum atomic E-state index is 11.0. The number of carbonyl (C=O) groups is 1. The van der Waals surface area contributed by atoms with E-state index in [1.165, 1.54) is 0 Å². The monoisotopic (exact) mass is 310 g/mol. The number of carboxylic acids is 1. The van der Waals surface area contributed by atoms with Gasteiger partial charge < -0.3 is 14.4 Å². The summed E-state index contributed by atoms with van der Waals surface area (Å²) in [4.78, 5) is 11.0. The Kier molecular flexibility index (Phi) is 4.13. The number of halogens is 1. The van der Waals surface area contributed by atoms with Gasteiger partial charge in [0, 0.05) is 10.5 Å². The predicted octanol–water partition coefficient (Wildman–Crippen LogP) is 2.83. The molecule has 0 spiro atoms. The largest absolute Gasteiger partial charge is 0.496 e. The number of hydrogen-bond donors (Lipinski definition) is 1. The first-order valence-corrected chi connectivity index (χ1v) is 7.31. The summed E-state index contributed by atoms with van der Waals surface area (Å²) >= 11 is 6.29. The van der Waals surface area contributed by atoms with Gasteiger partial charge in [-0.3, -0.25) is 4.79 Å². The number of rotatable bonds is 3. The van der Waals surface area contributed by atoms with Crippen LogP contribution in [0.15, 0.2) is 18.2 Å². The molecule has 0 radical (unpaired) electrons. The molecule has 114 valence electrons. The lowest BCUT2D eigenvalue weighted by molar-refractivity contribution is -0.138. The van der Waals surface area contributed by atoms with Crippen LogP contribution in [0.25, 0.3) is 0 Å². The molecular formula is C15H20BClO4. The Bertz CT molecular complexity index is 555. The van der Waals surface area contributed by atoms with Gasteiger partial charge in [-0.05, 0) is 46.2 Å². The summed E-state index contributed by atoms with van der Waals surface area (Å²) in [6.07, 6.45) is 0. The predicted molar refractivity (Wildman–Crippen MR) is 83.2 cm³/mol. The molecule has 1 unspecified atom stereocenters. The van der Waals surface area contributed by atoms with Crippen molar-refractivity contribution in [3.8, 4) is 0 Å². The summed E-state index contributed by atoms with van der Waals surface area (Å²) in [6, 6.07) is 5.20. The molecule has 1 heterocycles. The molecule has 2 rings (SSSR count). The van der Waals surface area contributed by atoms with E-state index in [2.05, 4.69) is 0 Å². The molecule has 1 aliphatic rings. The van der Waals surface area contributed by atoms with Crippen molar-refractivity contribution in [2.24, 2.45) is 0 Å². The van der Waals surface area contributed by atoms with Gasteiger partial charge in [0.1, 0.15) is 0 Å². The van der Waals surface area contributed by atoms with Gasteiger partial charge >= 0.3 is 13.1 Å². The molecule has 0 aromatic heterocycles. The van der Waals surface area contributed by atoms with E-state index in [1.54, 1.807) is 25.1 Å². The number of carboxylic acid groups (broad SMARTS) is 1. The third-order valence-corrected chi connectivity index (χ3v) is 4.73. The highest BCUT2D eigenvalue weighted by Crippen LogP contribution is 2.37. The standard InChI is InChI=1S/C15H20BClO4/c1-9(13(18)19)10-6-7-11(12(17)8-10)16-20-14(2,3)15(4,5)21-16/h6-9H,1-5H3,(H,18,19). The molecular weight excluding hydrogens is 290 g/mol. The van der Waals surface area contributed by atoms with E-state index in [0.717, 1.165) is 5.46 Å². The zero-order chi connectivity index (χ0) is 16.0. The Morgan fingerprint density at radius 3 is 2.19 bits per heavy atom. The second-order valence-corrected chi connectivity index (χ2v) is 6.84. The third kappa shape index (κ3) is 2.96. The van der Waals surface area contributed by atoms with Gasteiger partial charge in [0.15, 0.2) is 0 Å². The maximum absolute atomic E-state index is 11.0. The van der Waals surface area contributed by atoms with Crippen molar-refractivity contribution in [2.45, 2.75) is 51.7 Å². The molecule has 1 N–H and O–H groups in total. The smallest absolute Gasteiger partial charge is 0.481 e. The van der Waals surface area contributed by atoms with Gasteiger partial charge in [-0.15, -0.1) is 0 Å². The molecule has 6 heteroatoms. The fourth-order valence-corrected chi connectivity index (χ4v) is 2.39. The van der Waals surface area contributed by atoms with Crippen LogP contribution in [0.5, 0.6) is 0 Å². The summed E-state index contributed by atoms with van der Waals surface area (Å²) in [6.45, 7) is 9.52. The highest BCUT2D eigenvalue weighted by Gasteiger charge is 2.52. The van der Waals surface area contributed by atoms with Crippen molar-refractivity contribution in [3.05, 3.63) is 28.8 Å². The first kappa shape index (κ1) is 16.3. The molecule has 4 nitrogen and oxygen atoms in total. The van der Waals surface area contributed by atoms with Crippen LogP contribution in [0.3, 0.4) is 0 Å². The molecule has 1 saturated heterocycles. The highest BCUT2D eigenvalue weighted by molar-refractivity contribution is 6.65. The molecule has 0 saturated carbocycles. The molecule has 1 atom stereocenters. The van der Waals surface area contributed by atoms with E-state index in [4.69, 9.17) is 26.0 Å². The first-order valence-electron chi connectivity index (χ1n) is 6.93. The normalized spacial score (nSPS) is 21.3. The second kappa shape index (κ2) is 5.31. The fraction of sp³-hybridized carbons (Fsp3) is 0.533. The molecule has 1 aromatic rings. The van der Waals surface area contributed by atoms with Crippen LogP contribution >= 0.6 is 11.6 Å². The van der Waals surface area contributed by atoms with Gasteiger partial charge in [-0.1, -0.05) is 23.7 Å². The average molecular weight is 311 g/mol. The topological polar surface area (TPSA) is 55.8 Å². The van der Waals surface area contributed by atoms with Crippen LogP contribution in [-0.2, 0) is 14.1 Å². The van der Waals surface area contributed by atoms with Crippen LogP contribution in [0.2, 0.25) is 5.02 Å². The van der Waals surface area contributed by atoms with Crippen molar-refractivity contribution < 1.29 is 19.2 Å². The molecule has 1 aliphatic heterocycles. The Labute approximate surface area is 130 Å². The van der Waals surface area contributed by atoms with E-state index < -0.39 is 30.2 Å². The van der Waals surface area contributed by atoms with E-state index in [0.29, 0.717) is 10.6 Å². The summed E-state index contributed by atoms with van der Waals surface area (Å²) < 4.78 is 11.9. The molecule has 21 heavy (non-hydrogen) atoms. The summed E-state index contributed by atoms with van der Waals surface area (Å²) in [5.41, 5.74) is 0.506. The minimum absolute atomic E-state index is 0.436.